The molecule has 4 rings (SSSR count). The van der Waals surface area contributed by atoms with E-state index in [1.54, 1.807) is 34.7 Å². The van der Waals surface area contributed by atoms with Crippen LogP contribution in [0.1, 0.15) is 55.6 Å². The van der Waals surface area contributed by atoms with E-state index in [-0.39, 0.29) is 43.0 Å². The van der Waals surface area contributed by atoms with Crippen LogP contribution in [0.2, 0.25) is 0 Å². The van der Waals surface area contributed by atoms with Crippen LogP contribution in [0.5, 0.6) is 0 Å². The third kappa shape index (κ3) is 5.50. The van der Waals surface area contributed by atoms with Gasteiger partial charge in [-0.25, -0.2) is 13.9 Å². The molecular weight excluding hydrogens is 478 g/mol. The van der Waals surface area contributed by atoms with E-state index in [1.807, 2.05) is 19.9 Å². The maximum absolute atomic E-state index is 13.4. The highest BCUT2D eigenvalue weighted by atomic mass is 19.4. The van der Waals surface area contributed by atoms with Crippen molar-refractivity contribution in [1.82, 2.24) is 24.4 Å². The van der Waals surface area contributed by atoms with Gasteiger partial charge in [0.2, 0.25) is 5.91 Å². The lowest BCUT2D eigenvalue weighted by Crippen LogP contribution is -2.55. The molecule has 0 N–H and O–H groups in total. The molecule has 36 heavy (non-hydrogen) atoms. The van der Waals surface area contributed by atoms with Gasteiger partial charge in [0.15, 0.2) is 5.65 Å². The zero-order valence-corrected chi connectivity index (χ0v) is 20.2. The smallest absolute Gasteiger partial charge is 0.336 e. The third-order valence-electron chi connectivity index (χ3n) is 6.29. The molecule has 0 spiro atoms. The van der Waals surface area contributed by atoms with Crippen molar-refractivity contribution in [2.75, 3.05) is 19.6 Å². The number of fused-ring (bicyclic) bond motifs is 1. The van der Waals surface area contributed by atoms with Crippen molar-refractivity contribution in [3.05, 3.63) is 53.6 Å². The summed E-state index contributed by atoms with van der Waals surface area (Å²) in [6.45, 7) is 6.24. The highest BCUT2D eigenvalue weighted by Crippen LogP contribution is 2.27. The molecule has 1 aliphatic rings. The van der Waals surface area contributed by atoms with Gasteiger partial charge in [0, 0.05) is 43.2 Å². The molecule has 1 atom stereocenters. The Balaban J connectivity index is 1.54. The number of amides is 2. The summed E-state index contributed by atoms with van der Waals surface area (Å²) >= 11 is 0. The average Bonchev–Trinajstić information content (AvgIpc) is 3.25. The number of hydrogen-bond donors (Lipinski definition) is 0. The number of hydrogen-bond acceptors (Lipinski definition) is 4. The van der Waals surface area contributed by atoms with Crippen LogP contribution in [0, 0.1) is 5.82 Å². The van der Waals surface area contributed by atoms with E-state index >= 15 is 0 Å². The molecule has 0 aliphatic carbocycles. The number of carbonyl (C=O) groups is 2. The standard InChI is InChI=1S/C25H27F4N5O2/c1-15(2)19-12-20(17-4-6-18(26)7-5-17)31-34-14-21(30-23(19)34)24(36)32-10-11-33(16(3)13-32)22(35)8-9-25(27,28)29/h4-7,12,14-16H,8-11,13H2,1-3H3/t16-/m0/s1. The fourth-order valence-corrected chi connectivity index (χ4v) is 4.36. The second kappa shape index (κ2) is 9.87. The minimum atomic E-state index is -4.39. The van der Waals surface area contributed by atoms with Crippen LogP contribution in [0.3, 0.4) is 0 Å². The van der Waals surface area contributed by atoms with E-state index in [9.17, 15) is 27.2 Å². The predicted octanol–water partition coefficient (Wildman–Crippen LogP) is 4.67. The second-order valence-electron chi connectivity index (χ2n) is 9.34. The normalized spacial score (nSPS) is 16.7. The van der Waals surface area contributed by atoms with Gasteiger partial charge >= 0.3 is 6.18 Å². The van der Waals surface area contributed by atoms with Gasteiger partial charge in [-0.3, -0.25) is 9.59 Å². The van der Waals surface area contributed by atoms with Crippen molar-refractivity contribution in [2.24, 2.45) is 0 Å². The molecule has 1 aliphatic heterocycles. The molecule has 3 aromatic rings. The number of halogens is 4. The molecular formula is C25H27F4N5O2. The van der Waals surface area contributed by atoms with Crippen LogP contribution < -0.4 is 0 Å². The van der Waals surface area contributed by atoms with E-state index < -0.39 is 31.0 Å². The molecule has 0 saturated carbocycles. The average molecular weight is 506 g/mol. The Labute approximate surface area is 205 Å². The van der Waals surface area contributed by atoms with Crippen LogP contribution in [0.15, 0.2) is 36.5 Å². The first-order valence-corrected chi connectivity index (χ1v) is 11.7. The molecule has 7 nitrogen and oxygen atoms in total. The number of alkyl halides is 3. The minimum Gasteiger partial charge on any atom is -0.336 e. The molecule has 2 amide bonds. The van der Waals surface area contributed by atoms with Crippen molar-refractivity contribution in [2.45, 2.75) is 51.7 Å². The number of carbonyl (C=O) groups excluding carboxylic acids is 2. The molecule has 0 radical (unpaired) electrons. The lowest BCUT2D eigenvalue weighted by atomic mass is 10.0. The van der Waals surface area contributed by atoms with Crippen LogP contribution in [0.4, 0.5) is 17.6 Å². The van der Waals surface area contributed by atoms with Crippen molar-refractivity contribution >= 4 is 17.5 Å². The van der Waals surface area contributed by atoms with E-state index in [2.05, 4.69) is 10.1 Å². The summed E-state index contributed by atoms with van der Waals surface area (Å²) in [5.41, 5.74) is 2.93. The zero-order valence-electron chi connectivity index (χ0n) is 20.2. The molecule has 0 unspecified atom stereocenters. The van der Waals surface area contributed by atoms with Gasteiger partial charge in [0.1, 0.15) is 11.5 Å². The molecule has 1 aromatic carbocycles. The molecule has 11 heteroatoms. The van der Waals surface area contributed by atoms with E-state index in [0.717, 1.165) is 11.1 Å². The van der Waals surface area contributed by atoms with Gasteiger partial charge in [-0.1, -0.05) is 13.8 Å². The van der Waals surface area contributed by atoms with E-state index in [0.29, 0.717) is 11.3 Å². The fraction of sp³-hybridized carbons (Fsp3) is 0.440. The monoisotopic (exact) mass is 505 g/mol. The lowest BCUT2D eigenvalue weighted by Gasteiger charge is -2.39. The van der Waals surface area contributed by atoms with E-state index in [4.69, 9.17) is 0 Å². The van der Waals surface area contributed by atoms with E-state index in [1.165, 1.54) is 17.0 Å². The van der Waals surface area contributed by atoms with Gasteiger partial charge in [-0.05, 0) is 43.2 Å². The Morgan fingerprint density at radius 1 is 1.14 bits per heavy atom. The van der Waals surface area contributed by atoms with Crippen molar-refractivity contribution in [3.63, 3.8) is 0 Å². The summed E-state index contributed by atoms with van der Waals surface area (Å²) in [4.78, 5) is 33.0. The van der Waals surface area contributed by atoms with Gasteiger partial charge in [0.05, 0.1) is 18.3 Å². The number of nitrogens with zero attached hydrogens (tertiary/aromatic N) is 5. The predicted molar refractivity (Wildman–Crippen MR) is 125 cm³/mol. The van der Waals surface area contributed by atoms with Gasteiger partial charge < -0.3 is 9.80 Å². The second-order valence-corrected chi connectivity index (χ2v) is 9.34. The summed E-state index contributed by atoms with van der Waals surface area (Å²) < 4.78 is 52.4. The highest BCUT2D eigenvalue weighted by molar-refractivity contribution is 5.93. The Kier molecular flexibility index (Phi) is 7.01. The number of benzene rings is 1. The summed E-state index contributed by atoms with van der Waals surface area (Å²) in [6, 6.07) is 7.43. The van der Waals surface area contributed by atoms with Crippen LogP contribution >= 0.6 is 0 Å². The first-order valence-electron chi connectivity index (χ1n) is 11.7. The number of rotatable bonds is 5. The highest BCUT2D eigenvalue weighted by Gasteiger charge is 2.34. The first kappa shape index (κ1) is 25.6. The fourth-order valence-electron chi connectivity index (χ4n) is 4.36. The van der Waals surface area contributed by atoms with Gasteiger partial charge in [0.25, 0.3) is 5.91 Å². The quantitative estimate of drug-likeness (QED) is 0.473. The van der Waals surface area contributed by atoms with Crippen LogP contribution in [0.25, 0.3) is 16.9 Å². The van der Waals surface area contributed by atoms with Gasteiger partial charge in [-0.2, -0.15) is 18.3 Å². The number of imidazole rings is 1. The Hall–Kier alpha value is -3.50. The summed E-state index contributed by atoms with van der Waals surface area (Å²) in [6.07, 6.45) is -4.61. The SMILES string of the molecule is CC(C)c1cc(-c2ccc(F)cc2)nn2cc(C(=O)N3CCN(C(=O)CCC(F)(F)F)[C@@H](C)C3)nc12. The Morgan fingerprint density at radius 2 is 1.83 bits per heavy atom. The van der Waals surface area contributed by atoms with Crippen molar-refractivity contribution < 1.29 is 27.2 Å². The molecule has 1 fully saturated rings. The molecule has 2 aromatic heterocycles. The lowest BCUT2D eigenvalue weighted by molar-refractivity contribution is -0.151. The molecule has 0 bridgehead atoms. The summed E-state index contributed by atoms with van der Waals surface area (Å²) in [5, 5.41) is 4.57. The number of aromatic nitrogens is 3. The topological polar surface area (TPSA) is 70.8 Å². The van der Waals surface area contributed by atoms with Crippen molar-refractivity contribution in [1.29, 1.82) is 0 Å². The van der Waals surface area contributed by atoms with Crippen LogP contribution in [-0.4, -0.2) is 68.1 Å². The van der Waals surface area contributed by atoms with Crippen LogP contribution in [-0.2, 0) is 4.79 Å². The van der Waals surface area contributed by atoms with Crippen molar-refractivity contribution in [3.8, 4) is 11.3 Å². The molecule has 192 valence electrons. The third-order valence-corrected chi connectivity index (χ3v) is 6.29. The zero-order chi connectivity index (χ0) is 26.2. The summed E-state index contributed by atoms with van der Waals surface area (Å²) in [7, 11) is 0. The minimum absolute atomic E-state index is 0.0753. The first-order chi connectivity index (χ1) is 16.9. The number of piperazine rings is 1. The van der Waals surface area contributed by atoms with Gasteiger partial charge in [-0.15, -0.1) is 0 Å². The maximum Gasteiger partial charge on any atom is 0.389 e. The Morgan fingerprint density at radius 3 is 2.44 bits per heavy atom. The largest absolute Gasteiger partial charge is 0.389 e. The summed E-state index contributed by atoms with van der Waals surface area (Å²) in [5.74, 6) is -1.19. The maximum atomic E-state index is 13.4. The Bertz CT molecular complexity index is 1270. The molecule has 3 heterocycles. The molecule has 1 saturated heterocycles.